The summed E-state index contributed by atoms with van der Waals surface area (Å²) in [6.45, 7) is 2.00. The van der Waals surface area contributed by atoms with Crippen molar-refractivity contribution in [2.45, 2.75) is 25.9 Å². The fraction of sp³-hybridized carbons (Fsp3) is 0.318. The molecule has 0 radical (unpaired) electrons. The van der Waals surface area contributed by atoms with Crippen LogP contribution < -0.4 is 10.1 Å². The largest absolute Gasteiger partial charge is 0.426 e. The van der Waals surface area contributed by atoms with Crippen LogP contribution in [0, 0.1) is 5.92 Å². The molecule has 164 valence electrons. The molecule has 2 amide bonds. The van der Waals surface area contributed by atoms with E-state index in [0.29, 0.717) is 37.4 Å². The number of carbonyl (C=O) groups excluding carboxylic acids is 3. The number of rotatable bonds is 4. The van der Waals surface area contributed by atoms with Gasteiger partial charge in [-0.3, -0.25) is 14.4 Å². The highest BCUT2D eigenvalue weighted by molar-refractivity contribution is 5.94. The van der Waals surface area contributed by atoms with Gasteiger partial charge in [0.15, 0.2) is 0 Å². The van der Waals surface area contributed by atoms with E-state index in [4.69, 9.17) is 4.74 Å². The van der Waals surface area contributed by atoms with Crippen molar-refractivity contribution in [2.24, 2.45) is 5.92 Å². The fourth-order valence-corrected chi connectivity index (χ4v) is 3.31. The number of nitrogens with one attached hydrogen (secondary N) is 1. The molecular formula is C22H21F3N2O4. The van der Waals surface area contributed by atoms with Crippen LogP contribution in [0.2, 0.25) is 0 Å². The van der Waals surface area contributed by atoms with E-state index in [-0.39, 0.29) is 23.3 Å². The lowest BCUT2D eigenvalue weighted by molar-refractivity contribution is -0.140. The predicted molar refractivity (Wildman–Crippen MR) is 106 cm³/mol. The summed E-state index contributed by atoms with van der Waals surface area (Å²) in [6, 6.07) is 10.5. The van der Waals surface area contributed by atoms with Crippen LogP contribution in [-0.4, -0.2) is 35.8 Å². The number of esters is 1. The highest BCUT2D eigenvalue weighted by atomic mass is 19.4. The van der Waals surface area contributed by atoms with Gasteiger partial charge in [-0.25, -0.2) is 0 Å². The minimum atomic E-state index is -4.45. The second-order valence-corrected chi connectivity index (χ2v) is 7.27. The normalized spacial score (nSPS) is 14.8. The summed E-state index contributed by atoms with van der Waals surface area (Å²) in [6.07, 6.45) is -3.66. The quantitative estimate of drug-likeness (QED) is 0.580. The zero-order valence-corrected chi connectivity index (χ0v) is 16.7. The van der Waals surface area contributed by atoms with Gasteiger partial charge in [-0.2, -0.15) is 13.2 Å². The molecule has 1 fully saturated rings. The molecule has 0 saturated carbocycles. The fourth-order valence-electron chi connectivity index (χ4n) is 3.31. The molecule has 31 heavy (non-hydrogen) atoms. The van der Waals surface area contributed by atoms with Crippen LogP contribution in [0.25, 0.3) is 0 Å². The molecule has 0 bridgehead atoms. The first kappa shape index (κ1) is 22.3. The lowest BCUT2D eigenvalue weighted by Crippen LogP contribution is -2.41. The third-order valence-corrected chi connectivity index (χ3v) is 4.97. The Morgan fingerprint density at radius 1 is 0.968 bits per heavy atom. The number of ether oxygens (including phenoxy) is 1. The standard InChI is InChI=1S/C22H21F3N2O4/c1-14(28)26-18-6-8-19(9-7-18)31-21(30)16-10-12-27(13-11-16)20(29)15-2-4-17(5-3-15)22(23,24)25/h2-9,16H,10-13H2,1H3,(H,26,28). The van der Waals surface area contributed by atoms with Gasteiger partial charge in [0.2, 0.25) is 5.91 Å². The van der Waals surface area contributed by atoms with Crippen LogP contribution in [0.4, 0.5) is 18.9 Å². The zero-order valence-electron chi connectivity index (χ0n) is 16.7. The number of hydrogen-bond donors (Lipinski definition) is 1. The average Bonchev–Trinajstić information content (AvgIpc) is 2.74. The Kier molecular flexibility index (Phi) is 6.62. The predicted octanol–water partition coefficient (Wildman–Crippen LogP) is 4.12. The molecule has 0 atom stereocenters. The molecule has 1 N–H and O–H groups in total. The Morgan fingerprint density at radius 2 is 1.55 bits per heavy atom. The molecule has 2 aromatic carbocycles. The van der Waals surface area contributed by atoms with Crippen molar-refractivity contribution in [1.29, 1.82) is 0 Å². The molecule has 1 saturated heterocycles. The van der Waals surface area contributed by atoms with Crippen LogP contribution in [0.15, 0.2) is 48.5 Å². The summed E-state index contributed by atoms with van der Waals surface area (Å²) in [5.74, 6) is -1.01. The van der Waals surface area contributed by atoms with Gasteiger partial charge in [0.25, 0.3) is 5.91 Å². The van der Waals surface area contributed by atoms with E-state index in [2.05, 4.69) is 5.32 Å². The maximum Gasteiger partial charge on any atom is 0.416 e. The maximum atomic E-state index is 12.7. The number of likely N-dealkylation sites (tertiary alicyclic amines) is 1. The number of alkyl halides is 3. The first-order valence-electron chi connectivity index (χ1n) is 9.69. The Labute approximate surface area is 177 Å². The number of nitrogens with zero attached hydrogens (tertiary/aromatic N) is 1. The Hall–Kier alpha value is -3.36. The molecule has 3 rings (SSSR count). The molecule has 6 nitrogen and oxygen atoms in total. The van der Waals surface area contributed by atoms with Crippen molar-refractivity contribution < 1.29 is 32.3 Å². The van der Waals surface area contributed by atoms with Gasteiger partial charge in [-0.05, 0) is 61.4 Å². The minimum Gasteiger partial charge on any atom is -0.426 e. The van der Waals surface area contributed by atoms with E-state index in [1.54, 1.807) is 24.3 Å². The number of amides is 2. The lowest BCUT2D eigenvalue weighted by Gasteiger charge is -2.31. The van der Waals surface area contributed by atoms with Crippen LogP contribution in [-0.2, 0) is 15.8 Å². The summed E-state index contributed by atoms with van der Waals surface area (Å²) < 4.78 is 43.4. The number of carbonyl (C=O) groups is 3. The smallest absolute Gasteiger partial charge is 0.416 e. The van der Waals surface area contributed by atoms with Gasteiger partial charge in [-0.1, -0.05) is 0 Å². The third kappa shape index (κ3) is 5.84. The summed E-state index contributed by atoms with van der Waals surface area (Å²) in [4.78, 5) is 37.5. The summed E-state index contributed by atoms with van der Waals surface area (Å²) in [7, 11) is 0. The first-order valence-corrected chi connectivity index (χ1v) is 9.69. The number of benzene rings is 2. The monoisotopic (exact) mass is 434 g/mol. The van der Waals surface area contributed by atoms with Crippen LogP contribution >= 0.6 is 0 Å². The highest BCUT2D eigenvalue weighted by Crippen LogP contribution is 2.29. The van der Waals surface area contributed by atoms with Crippen LogP contribution in [0.5, 0.6) is 5.75 Å². The van der Waals surface area contributed by atoms with Crippen molar-refractivity contribution in [1.82, 2.24) is 4.90 Å². The summed E-state index contributed by atoms with van der Waals surface area (Å²) in [5.41, 5.74) is -0.0497. The number of hydrogen-bond acceptors (Lipinski definition) is 4. The first-order chi connectivity index (χ1) is 14.6. The minimum absolute atomic E-state index is 0.174. The van der Waals surface area contributed by atoms with E-state index in [1.165, 1.54) is 11.8 Å². The molecule has 9 heteroatoms. The van der Waals surface area contributed by atoms with Crippen molar-refractivity contribution in [3.05, 3.63) is 59.7 Å². The Morgan fingerprint density at radius 3 is 2.06 bits per heavy atom. The molecular weight excluding hydrogens is 413 g/mol. The third-order valence-electron chi connectivity index (χ3n) is 4.97. The van der Waals surface area contributed by atoms with E-state index in [9.17, 15) is 27.6 Å². The molecule has 0 aliphatic carbocycles. The summed E-state index contributed by atoms with van der Waals surface area (Å²) in [5, 5.41) is 2.62. The van der Waals surface area contributed by atoms with E-state index in [0.717, 1.165) is 24.3 Å². The topological polar surface area (TPSA) is 75.7 Å². The summed E-state index contributed by atoms with van der Waals surface area (Å²) >= 11 is 0. The zero-order chi connectivity index (χ0) is 22.6. The molecule has 1 aliphatic heterocycles. The van der Waals surface area contributed by atoms with Gasteiger partial charge in [0.1, 0.15) is 5.75 Å². The number of anilines is 1. The van der Waals surface area contributed by atoms with Crippen LogP contribution in [0.3, 0.4) is 0 Å². The molecule has 0 unspecified atom stereocenters. The van der Waals surface area contributed by atoms with E-state index < -0.39 is 17.7 Å². The second-order valence-electron chi connectivity index (χ2n) is 7.27. The molecule has 1 aliphatic rings. The molecule has 0 aromatic heterocycles. The average molecular weight is 434 g/mol. The second kappa shape index (κ2) is 9.20. The van der Waals surface area contributed by atoms with Gasteiger partial charge in [0.05, 0.1) is 11.5 Å². The van der Waals surface area contributed by atoms with Crippen molar-refractivity contribution in [2.75, 3.05) is 18.4 Å². The van der Waals surface area contributed by atoms with E-state index in [1.807, 2.05) is 0 Å². The highest BCUT2D eigenvalue weighted by Gasteiger charge is 2.32. The molecule has 0 spiro atoms. The van der Waals surface area contributed by atoms with Crippen LogP contribution in [0.1, 0.15) is 35.7 Å². The number of halogens is 3. The number of piperidine rings is 1. The van der Waals surface area contributed by atoms with Gasteiger partial charge in [-0.15, -0.1) is 0 Å². The molecule has 2 aromatic rings. The van der Waals surface area contributed by atoms with Gasteiger partial charge < -0.3 is 15.0 Å². The Balaban J connectivity index is 1.52. The SMILES string of the molecule is CC(=O)Nc1ccc(OC(=O)C2CCN(C(=O)c3ccc(C(F)(F)F)cc3)CC2)cc1. The van der Waals surface area contributed by atoms with Crippen molar-refractivity contribution in [3.63, 3.8) is 0 Å². The van der Waals surface area contributed by atoms with Gasteiger partial charge >= 0.3 is 12.1 Å². The molecule has 1 heterocycles. The maximum absolute atomic E-state index is 12.7. The van der Waals surface area contributed by atoms with Gasteiger partial charge in [0, 0.05) is 31.3 Å². The Bertz CT molecular complexity index is 948. The lowest BCUT2D eigenvalue weighted by atomic mass is 9.96. The van der Waals surface area contributed by atoms with Crippen molar-refractivity contribution >= 4 is 23.5 Å². The van der Waals surface area contributed by atoms with E-state index >= 15 is 0 Å². The van der Waals surface area contributed by atoms with Crippen molar-refractivity contribution in [3.8, 4) is 5.75 Å².